The van der Waals surface area contributed by atoms with Gasteiger partial charge in [-0.05, 0) is 41.0 Å². The van der Waals surface area contributed by atoms with Crippen molar-refractivity contribution in [2.75, 3.05) is 21.3 Å². The highest BCUT2D eigenvalue weighted by Crippen LogP contribution is 2.39. The van der Waals surface area contributed by atoms with Crippen molar-refractivity contribution >= 4 is 12.2 Å². The Hall–Kier alpha value is -3.60. The molecule has 0 heterocycles. The Morgan fingerprint density at radius 2 is 1.36 bits per heavy atom. The van der Waals surface area contributed by atoms with E-state index < -0.39 is 0 Å². The van der Waals surface area contributed by atoms with Crippen molar-refractivity contribution in [1.29, 1.82) is 0 Å². The second-order valence-corrected chi connectivity index (χ2v) is 6.09. The molecule has 0 saturated heterocycles. The summed E-state index contributed by atoms with van der Waals surface area (Å²) in [6.45, 7) is 0. The summed E-state index contributed by atoms with van der Waals surface area (Å²) >= 11 is 0. The van der Waals surface area contributed by atoms with Crippen LogP contribution < -0.4 is 14.2 Å². The SMILES string of the molecule is COc1cc(/C=C\c2cc(-c3ccccc3)cc(O)c2O)cc(OC)c1OC. The zero-order chi connectivity index (χ0) is 20.1. The van der Waals surface area contributed by atoms with E-state index in [0.29, 0.717) is 22.8 Å². The van der Waals surface area contributed by atoms with Gasteiger partial charge in [0.15, 0.2) is 23.0 Å². The number of hydrogen-bond donors (Lipinski definition) is 2. The van der Waals surface area contributed by atoms with Gasteiger partial charge in [-0.15, -0.1) is 0 Å². The fraction of sp³-hybridized carbons (Fsp3) is 0.130. The molecular weight excluding hydrogens is 356 g/mol. The first-order chi connectivity index (χ1) is 13.6. The molecule has 0 amide bonds. The Kier molecular flexibility index (Phi) is 5.75. The molecule has 28 heavy (non-hydrogen) atoms. The molecule has 0 atom stereocenters. The lowest BCUT2D eigenvalue weighted by atomic mass is 10.0. The van der Waals surface area contributed by atoms with Crippen molar-refractivity contribution < 1.29 is 24.4 Å². The number of hydrogen-bond acceptors (Lipinski definition) is 5. The minimum Gasteiger partial charge on any atom is -0.504 e. The van der Waals surface area contributed by atoms with Gasteiger partial charge in [-0.3, -0.25) is 0 Å². The summed E-state index contributed by atoms with van der Waals surface area (Å²) in [5.41, 5.74) is 3.03. The number of rotatable bonds is 6. The average Bonchev–Trinajstić information content (AvgIpc) is 2.74. The summed E-state index contributed by atoms with van der Waals surface area (Å²) in [5.74, 6) is 1.22. The molecule has 144 valence electrons. The molecule has 0 radical (unpaired) electrons. The highest BCUT2D eigenvalue weighted by molar-refractivity contribution is 5.80. The fourth-order valence-electron chi connectivity index (χ4n) is 2.95. The van der Waals surface area contributed by atoms with Crippen LogP contribution in [0.15, 0.2) is 54.6 Å². The van der Waals surface area contributed by atoms with Crippen molar-refractivity contribution in [3.8, 4) is 39.9 Å². The summed E-state index contributed by atoms with van der Waals surface area (Å²) in [6.07, 6.45) is 3.52. The number of benzene rings is 3. The van der Waals surface area contributed by atoms with Crippen LogP contribution in [0.5, 0.6) is 28.7 Å². The molecule has 3 rings (SSSR count). The standard InChI is InChI=1S/C23H22O5/c1-26-20-11-15(12-21(27-2)23(20)28-3)9-10-17-13-18(14-19(24)22(17)25)16-7-5-4-6-8-16/h4-14,24-25H,1-3H3/b10-9-. The molecule has 5 nitrogen and oxygen atoms in total. The van der Waals surface area contributed by atoms with E-state index in [4.69, 9.17) is 14.2 Å². The van der Waals surface area contributed by atoms with Gasteiger partial charge in [0.1, 0.15) is 0 Å². The van der Waals surface area contributed by atoms with Gasteiger partial charge in [0.05, 0.1) is 21.3 Å². The molecule has 0 spiro atoms. The smallest absolute Gasteiger partial charge is 0.203 e. The lowest BCUT2D eigenvalue weighted by Crippen LogP contribution is -1.95. The van der Waals surface area contributed by atoms with Crippen LogP contribution in [0.3, 0.4) is 0 Å². The average molecular weight is 378 g/mol. The van der Waals surface area contributed by atoms with E-state index in [1.54, 1.807) is 51.7 Å². The Bertz CT molecular complexity index is 968. The molecule has 0 aliphatic rings. The Morgan fingerprint density at radius 1 is 0.714 bits per heavy atom. The maximum Gasteiger partial charge on any atom is 0.203 e. The highest BCUT2D eigenvalue weighted by Gasteiger charge is 2.13. The second-order valence-electron chi connectivity index (χ2n) is 6.09. The van der Waals surface area contributed by atoms with E-state index in [1.807, 2.05) is 36.4 Å². The van der Waals surface area contributed by atoms with Gasteiger partial charge in [-0.1, -0.05) is 42.5 Å². The first-order valence-electron chi connectivity index (χ1n) is 8.67. The zero-order valence-corrected chi connectivity index (χ0v) is 16.0. The molecule has 0 fully saturated rings. The molecule has 5 heteroatoms. The fourth-order valence-corrected chi connectivity index (χ4v) is 2.95. The molecule has 3 aromatic carbocycles. The lowest BCUT2D eigenvalue weighted by molar-refractivity contribution is 0.324. The van der Waals surface area contributed by atoms with Crippen molar-refractivity contribution in [3.05, 3.63) is 65.7 Å². The van der Waals surface area contributed by atoms with Crippen LogP contribution in [-0.2, 0) is 0 Å². The summed E-state index contributed by atoms with van der Waals surface area (Å²) in [4.78, 5) is 0. The molecule has 0 aliphatic heterocycles. The van der Waals surface area contributed by atoms with Crippen molar-refractivity contribution in [2.45, 2.75) is 0 Å². The van der Waals surface area contributed by atoms with Crippen LogP contribution in [0.4, 0.5) is 0 Å². The van der Waals surface area contributed by atoms with Crippen LogP contribution in [0, 0.1) is 0 Å². The van der Waals surface area contributed by atoms with E-state index >= 15 is 0 Å². The van der Waals surface area contributed by atoms with Crippen LogP contribution in [-0.4, -0.2) is 31.5 Å². The van der Waals surface area contributed by atoms with Crippen LogP contribution >= 0.6 is 0 Å². The molecule has 2 N–H and O–H groups in total. The van der Waals surface area contributed by atoms with E-state index in [-0.39, 0.29) is 11.5 Å². The van der Waals surface area contributed by atoms with Gasteiger partial charge >= 0.3 is 0 Å². The highest BCUT2D eigenvalue weighted by atomic mass is 16.5. The number of methoxy groups -OCH3 is 3. The maximum absolute atomic E-state index is 10.3. The van der Waals surface area contributed by atoms with E-state index in [9.17, 15) is 10.2 Å². The number of aromatic hydroxyl groups is 2. The molecule has 0 saturated carbocycles. The van der Waals surface area contributed by atoms with Gasteiger partial charge < -0.3 is 24.4 Å². The molecule has 3 aromatic rings. The number of phenols is 2. The molecule has 0 aromatic heterocycles. The van der Waals surface area contributed by atoms with Crippen LogP contribution in [0.2, 0.25) is 0 Å². The normalized spacial score (nSPS) is 10.8. The Labute approximate surface area is 164 Å². The molecule has 0 unspecified atom stereocenters. The minimum atomic E-state index is -0.177. The third-order valence-electron chi connectivity index (χ3n) is 4.37. The van der Waals surface area contributed by atoms with Gasteiger partial charge in [0.2, 0.25) is 5.75 Å². The largest absolute Gasteiger partial charge is 0.504 e. The van der Waals surface area contributed by atoms with Gasteiger partial charge in [0.25, 0.3) is 0 Å². The molecular formula is C23H22O5. The van der Waals surface area contributed by atoms with Crippen molar-refractivity contribution in [1.82, 2.24) is 0 Å². The van der Waals surface area contributed by atoms with Crippen LogP contribution in [0.1, 0.15) is 11.1 Å². The first-order valence-corrected chi connectivity index (χ1v) is 8.67. The van der Waals surface area contributed by atoms with Gasteiger partial charge in [0, 0.05) is 5.56 Å². The van der Waals surface area contributed by atoms with E-state index in [0.717, 1.165) is 16.7 Å². The van der Waals surface area contributed by atoms with Crippen LogP contribution in [0.25, 0.3) is 23.3 Å². The lowest BCUT2D eigenvalue weighted by Gasteiger charge is -2.13. The number of phenolic OH excluding ortho intramolecular Hbond substituents is 2. The second kappa shape index (κ2) is 8.39. The summed E-state index contributed by atoms with van der Waals surface area (Å²) < 4.78 is 16.1. The number of ether oxygens (including phenoxy) is 3. The third kappa shape index (κ3) is 3.88. The van der Waals surface area contributed by atoms with Crippen molar-refractivity contribution in [3.63, 3.8) is 0 Å². The minimum absolute atomic E-state index is 0.175. The van der Waals surface area contributed by atoms with E-state index in [1.165, 1.54) is 0 Å². The maximum atomic E-state index is 10.3. The monoisotopic (exact) mass is 378 g/mol. The predicted octanol–water partition coefficient (Wildman–Crippen LogP) is 4.96. The summed E-state index contributed by atoms with van der Waals surface area (Å²) in [7, 11) is 4.65. The summed E-state index contributed by atoms with van der Waals surface area (Å²) in [5, 5.41) is 20.4. The quantitative estimate of drug-likeness (QED) is 0.469. The topological polar surface area (TPSA) is 68.2 Å². The Morgan fingerprint density at radius 3 is 1.93 bits per heavy atom. The van der Waals surface area contributed by atoms with Crippen molar-refractivity contribution in [2.24, 2.45) is 0 Å². The Balaban J connectivity index is 2.02. The first kappa shape index (κ1) is 19.2. The van der Waals surface area contributed by atoms with E-state index in [2.05, 4.69) is 0 Å². The molecule has 0 aliphatic carbocycles. The predicted molar refractivity (Wildman–Crippen MR) is 110 cm³/mol. The summed E-state index contributed by atoms with van der Waals surface area (Å²) in [6, 6.07) is 16.6. The van der Waals surface area contributed by atoms with Gasteiger partial charge in [-0.25, -0.2) is 0 Å². The molecule has 0 bridgehead atoms. The third-order valence-corrected chi connectivity index (χ3v) is 4.37. The van der Waals surface area contributed by atoms with Gasteiger partial charge in [-0.2, -0.15) is 0 Å². The zero-order valence-electron chi connectivity index (χ0n) is 16.0.